The van der Waals surface area contributed by atoms with E-state index in [1.54, 1.807) is 18.4 Å². The van der Waals surface area contributed by atoms with Gasteiger partial charge in [0, 0.05) is 44.9 Å². The summed E-state index contributed by atoms with van der Waals surface area (Å²) in [4.78, 5) is 23.1. The number of ether oxygens (including phenoxy) is 1. The number of methoxy groups -OCH3 is 1. The molecule has 0 aliphatic heterocycles. The third-order valence-corrected chi connectivity index (χ3v) is 8.02. The summed E-state index contributed by atoms with van der Waals surface area (Å²) < 4.78 is 6.77. The smallest absolute Gasteiger partial charge is 0.272 e. The van der Waals surface area contributed by atoms with Gasteiger partial charge in [-0.3, -0.25) is 4.79 Å². The minimum absolute atomic E-state index is 0.231. The molecule has 0 aliphatic rings. The van der Waals surface area contributed by atoms with Gasteiger partial charge in [0.2, 0.25) is 0 Å². The van der Waals surface area contributed by atoms with E-state index in [4.69, 9.17) is 10.5 Å². The van der Waals surface area contributed by atoms with Crippen LogP contribution in [0.15, 0.2) is 60.1 Å². The minimum Gasteiger partial charge on any atom is -0.495 e. The zero-order chi connectivity index (χ0) is 27.5. The first-order chi connectivity index (χ1) is 18.9. The lowest BCUT2D eigenvalue weighted by Gasteiger charge is -2.14. The molecule has 8 heteroatoms. The Bertz CT molecular complexity index is 1680. The number of pyridine rings is 1. The maximum atomic E-state index is 13.0. The molecule has 1 amide bonds. The van der Waals surface area contributed by atoms with Gasteiger partial charge in [0.05, 0.1) is 12.8 Å². The van der Waals surface area contributed by atoms with E-state index in [0.717, 1.165) is 62.9 Å². The quantitative estimate of drug-likeness (QED) is 0.188. The van der Waals surface area contributed by atoms with Crippen molar-refractivity contribution >= 4 is 55.8 Å². The number of nitrogen functional groups attached to an aromatic ring is 1. The van der Waals surface area contributed by atoms with Crippen molar-refractivity contribution < 1.29 is 9.53 Å². The summed E-state index contributed by atoms with van der Waals surface area (Å²) >= 11 is 1.65. The van der Waals surface area contributed by atoms with Crippen LogP contribution in [0.4, 0.5) is 11.5 Å². The van der Waals surface area contributed by atoms with E-state index in [1.165, 1.54) is 0 Å². The number of amides is 1. The van der Waals surface area contributed by atoms with Gasteiger partial charge in [-0.05, 0) is 61.3 Å². The van der Waals surface area contributed by atoms with Crippen LogP contribution in [-0.2, 0) is 0 Å². The number of hydrogen-bond donors (Lipinski definition) is 3. The van der Waals surface area contributed by atoms with Crippen molar-refractivity contribution in [2.24, 2.45) is 0 Å². The average Bonchev–Trinajstić information content (AvgIpc) is 3.58. The Hall–Kier alpha value is -4.14. The molecule has 5 aromatic rings. The lowest BCUT2D eigenvalue weighted by molar-refractivity contribution is 0.102. The molecule has 7 nitrogen and oxygen atoms in total. The molecule has 5 rings (SSSR count). The topological polar surface area (TPSA) is 96.3 Å². The second-order valence-electron chi connectivity index (χ2n) is 9.48. The molecule has 0 fully saturated rings. The molecule has 0 bridgehead atoms. The Balaban J connectivity index is 1.43. The predicted molar refractivity (Wildman–Crippen MR) is 164 cm³/mol. The highest BCUT2D eigenvalue weighted by Crippen LogP contribution is 2.41. The molecule has 0 atom stereocenters. The van der Waals surface area contributed by atoms with E-state index in [1.807, 2.05) is 49.5 Å². The summed E-state index contributed by atoms with van der Waals surface area (Å²) in [5.41, 5.74) is 12.5. The molecule has 3 aromatic heterocycles. The van der Waals surface area contributed by atoms with Gasteiger partial charge in [-0.25, -0.2) is 4.98 Å². The molecule has 200 valence electrons. The number of rotatable bonds is 9. The maximum Gasteiger partial charge on any atom is 0.272 e. The zero-order valence-electron chi connectivity index (χ0n) is 22.7. The van der Waals surface area contributed by atoms with E-state index in [9.17, 15) is 4.79 Å². The number of nitrogens with one attached hydrogen (secondary N) is 2. The van der Waals surface area contributed by atoms with Crippen LogP contribution in [0.2, 0.25) is 0 Å². The number of aromatic nitrogens is 2. The molecule has 0 unspecified atom stereocenters. The number of carbonyl (C=O) groups excluding carboxylic acids is 1. The summed E-state index contributed by atoms with van der Waals surface area (Å²) in [6, 6.07) is 13.7. The second-order valence-corrected chi connectivity index (χ2v) is 10.4. The first kappa shape index (κ1) is 26.5. The van der Waals surface area contributed by atoms with Crippen LogP contribution in [0.1, 0.15) is 35.5 Å². The second kappa shape index (κ2) is 11.3. The molecule has 3 heterocycles. The molecule has 0 saturated carbocycles. The largest absolute Gasteiger partial charge is 0.495 e. The minimum atomic E-state index is -0.231. The van der Waals surface area contributed by atoms with Gasteiger partial charge < -0.3 is 25.7 Å². The number of anilines is 2. The van der Waals surface area contributed by atoms with Crippen LogP contribution < -0.4 is 15.8 Å². The van der Waals surface area contributed by atoms with Crippen LogP contribution in [0.5, 0.6) is 5.75 Å². The van der Waals surface area contributed by atoms with Crippen molar-refractivity contribution in [3.63, 3.8) is 0 Å². The predicted octanol–water partition coefficient (Wildman–Crippen LogP) is 6.95. The van der Waals surface area contributed by atoms with Gasteiger partial charge in [-0.15, -0.1) is 11.3 Å². The zero-order valence-corrected chi connectivity index (χ0v) is 23.5. The van der Waals surface area contributed by atoms with Gasteiger partial charge in [-0.2, -0.15) is 0 Å². The number of nitrogens with zero attached hydrogens (tertiary/aromatic N) is 2. The molecule has 0 saturated heterocycles. The summed E-state index contributed by atoms with van der Waals surface area (Å²) in [7, 11) is 1.60. The standard InChI is InChI=1S/C31H33N5O2S/c1-5-36(6-2)13-7-8-21-17-33-30(32)28-23(18-39-29(21)28)20-10-12-25(27(16-20)38-4)35-31(37)26-15-22-14-19(3)9-11-24(22)34-26/h7-12,14-18,34H,5-6,13H2,1-4H3,(H2,32,33)(H,35,37). The van der Waals surface area contributed by atoms with Crippen molar-refractivity contribution in [3.05, 3.63) is 76.9 Å². The fraction of sp³-hybridized carbons (Fsp3) is 0.226. The highest BCUT2D eigenvalue weighted by molar-refractivity contribution is 7.18. The fourth-order valence-electron chi connectivity index (χ4n) is 4.75. The first-order valence-electron chi connectivity index (χ1n) is 13.1. The number of likely N-dealkylation sites (N-methyl/N-ethyl adjacent to an activating group) is 1. The van der Waals surface area contributed by atoms with Gasteiger partial charge in [-0.1, -0.05) is 43.7 Å². The molecule has 39 heavy (non-hydrogen) atoms. The van der Waals surface area contributed by atoms with Gasteiger partial charge in [0.1, 0.15) is 17.3 Å². The molecule has 0 aliphatic carbocycles. The molecule has 4 N–H and O–H groups in total. The normalized spacial score (nSPS) is 11.7. The van der Waals surface area contributed by atoms with Crippen LogP contribution in [-0.4, -0.2) is 47.5 Å². The van der Waals surface area contributed by atoms with Crippen LogP contribution in [0.25, 0.3) is 38.2 Å². The van der Waals surface area contributed by atoms with E-state index < -0.39 is 0 Å². The lowest BCUT2D eigenvalue weighted by atomic mass is 10.0. The summed E-state index contributed by atoms with van der Waals surface area (Å²) in [6.45, 7) is 9.28. The summed E-state index contributed by atoms with van der Waals surface area (Å²) in [6.07, 6.45) is 6.13. The van der Waals surface area contributed by atoms with Crippen LogP contribution >= 0.6 is 11.3 Å². The number of fused-ring (bicyclic) bond motifs is 2. The Kier molecular flexibility index (Phi) is 7.67. The van der Waals surface area contributed by atoms with Crippen molar-refractivity contribution in [3.8, 4) is 16.9 Å². The van der Waals surface area contributed by atoms with E-state index in [-0.39, 0.29) is 5.91 Å². The third kappa shape index (κ3) is 5.39. The van der Waals surface area contributed by atoms with Crippen LogP contribution in [0, 0.1) is 6.92 Å². The Morgan fingerprint density at radius 2 is 2.00 bits per heavy atom. The number of benzene rings is 2. The molecule has 2 aromatic carbocycles. The van der Waals surface area contributed by atoms with Crippen molar-refractivity contribution in [1.29, 1.82) is 0 Å². The Morgan fingerprint density at radius 1 is 1.18 bits per heavy atom. The average molecular weight is 540 g/mol. The van der Waals surface area contributed by atoms with Crippen molar-refractivity contribution in [1.82, 2.24) is 14.9 Å². The number of carbonyl (C=O) groups is 1. The van der Waals surface area contributed by atoms with Gasteiger partial charge in [0.25, 0.3) is 5.91 Å². The number of nitrogens with two attached hydrogens (primary N) is 1. The number of thiophene rings is 1. The van der Waals surface area contributed by atoms with Crippen molar-refractivity contribution in [2.75, 3.05) is 37.8 Å². The van der Waals surface area contributed by atoms with Crippen LogP contribution in [0.3, 0.4) is 0 Å². The number of H-pyrrole nitrogens is 1. The molecule has 0 radical (unpaired) electrons. The number of aromatic amines is 1. The summed E-state index contributed by atoms with van der Waals surface area (Å²) in [5, 5.41) is 7.01. The highest BCUT2D eigenvalue weighted by atomic mass is 32.1. The van der Waals surface area contributed by atoms with Gasteiger partial charge >= 0.3 is 0 Å². The number of hydrogen-bond acceptors (Lipinski definition) is 6. The third-order valence-electron chi connectivity index (χ3n) is 6.99. The Labute approximate surface area is 232 Å². The van der Waals surface area contributed by atoms with Crippen molar-refractivity contribution in [2.45, 2.75) is 20.8 Å². The van der Waals surface area contributed by atoms with E-state index >= 15 is 0 Å². The SMILES string of the molecule is CCN(CC)CC=Cc1cnc(N)c2c(-c3ccc(NC(=O)c4cc5cc(C)ccc5[nH]4)c(OC)c3)csc12. The maximum absolute atomic E-state index is 13.0. The Morgan fingerprint density at radius 3 is 2.77 bits per heavy atom. The first-order valence-corrected chi connectivity index (χ1v) is 13.9. The van der Waals surface area contributed by atoms with E-state index in [0.29, 0.717) is 22.9 Å². The molecular formula is C31H33N5O2S. The van der Waals surface area contributed by atoms with Gasteiger partial charge in [0.15, 0.2) is 0 Å². The summed E-state index contributed by atoms with van der Waals surface area (Å²) in [5.74, 6) is 0.826. The monoisotopic (exact) mass is 539 g/mol. The fourth-order valence-corrected chi connectivity index (χ4v) is 5.83. The lowest BCUT2D eigenvalue weighted by Crippen LogP contribution is -2.22. The van der Waals surface area contributed by atoms with E-state index in [2.05, 4.69) is 57.6 Å². The highest BCUT2D eigenvalue weighted by Gasteiger charge is 2.17. The number of aryl methyl sites for hydroxylation is 1. The molecular weight excluding hydrogens is 506 g/mol. The molecule has 0 spiro atoms.